The van der Waals surface area contributed by atoms with Crippen molar-refractivity contribution in [3.05, 3.63) is 47.5 Å². The fourth-order valence-corrected chi connectivity index (χ4v) is 6.64. The van der Waals surface area contributed by atoms with Crippen LogP contribution in [0.1, 0.15) is 25.7 Å². The summed E-state index contributed by atoms with van der Waals surface area (Å²) in [5.74, 6) is 0.336. The molecule has 1 saturated heterocycles. The van der Waals surface area contributed by atoms with Gasteiger partial charge in [0.1, 0.15) is 12.4 Å². The molecule has 0 bridgehead atoms. The number of thiazole rings is 1. The molecule has 35 heavy (non-hydrogen) atoms. The lowest BCUT2D eigenvalue weighted by molar-refractivity contribution is -0.122. The highest BCUT2D eigenvalue weighted by atomic mass is 35.5. The molecule has 1 saturated carbocycles. The van der Waals surface area contributed by atoms with Crippen molar-refractivity contribution in [3.63, 3.8) is 0 Å². The Hall–Kier alpha value is -2.62. The molecule has 10 heteroatoms. The first-order valence-electron chi connectivity index (χ1n) is 11.6. The molecule has 0 unspecified atom stereocenters. The maximum atomic E-state index is 12.9. The second-order valence-corrected chi connectivity index (χ2v) is 11.3. The Morgan fingerprint density at radius 3 is 2.54 bits per heavy atom. The molecule has 182 valence electrons. The molecule has 3 aromatic rings. The number of anilines is 1. The molecule has 2 heterocycles. The fourth-order valence-electron chi connectivity index (χ4n) is 4.58. The van der Waals surface area contributed by atoms with E-state index in [0.717, 1.165) is 40.2 Å². The molecule has 2 fully saturated rings. The van der Waals surface area contributed by atoms with Gasteiger partial charge in [0.2, 0.25) is 17.7 Å². The van der Waals surface area contributed by atoms with Crippen LogP contribution in [-0.2, 0) is 14.4 Å². The highest BCUT2D eigenvalue weighted by molar-refractivity contribution is 8.01. The van der Waals surface area contributed by atoms with Gasteiger partial charge < -0.3 is 10.1 Å². The Balaban J connectivity index is 1.14. The van der Waals surface area contributed by atoms with E-state index in [-0.39, 0.29) is 35.3 Å². The maximum absolute atomic E-state index is 12.9. The Morgan fingerprint density at radius 2 is 1.83 bits per heavy atom. The van der Waals surface area contributed by atoms with Crippen LogP contribution in [0.2, 0.25) is 5.02 Å². The molecule has 2 aliphatic rings. The number of halogens is 1. The van der Waals surface area contributed by atoms with Gasteiger partial charge in [0.05, 0.1) is 40.0 Å². The van der Waals surface area contributed by atoms with Crippen molar-refractivity contribution in [2.45, 2.75) is 30.0 Å². The van der Waals surface area contributed by atoms with Gasteiger partial charge in [-0.25, -0.2) is 4.98 Å². The third kappa shape index (κ3) is 5.32. The summed E-state index contributed by atoms with van der Waals surface area (Å²) >= 11 is 8.66. The number of hydrogen-bond donors (Lipinski definition) is 1. The van der Waals surface area contributed by atoms with Gasteiger partial charge >= 0.3 is 0 Å². The monoisotopic (exact) mass is 529 g/mol. The van der Waals surface area contributed by atoms with Crippen molar-refractivity contribution < 1.29 is 19.1 Å². The topological polar surface area (TPSA) is 88.6 Å². The van der Waals surface area contributed by atoms with Crippen LogP contribution in [0.5, 0.6) is 5.75 Å². The Kier molecular flexibility index (Phi) is 7.27. The van der Waals surface area contributed by atoms with Gasteiger partial charge in [0, 0.05) is 5.02 Å². The van der Waals surface area contributed by atoms with Gasteiger partial charge in [-0.1, -0.05) is 36.2 Å². The molecule has 5 rings (SSSR count). The van der Waals surface area contributed by atoms with Crippen molar-refractivity contribution in [1.82, 2.24) is 10.3 Å². The molecule has 2 aromatic carbocycles. The van der Waals surface area contributed by atoms with Crippen molar-refractivity contribution in [3.8, 4) is 5.75 Å². The maximum Gasteiger partial charge on any atom is 0.237 e. The Labute approximate surface area is 216 Å². The van der Waals surface area contributed by atoms with Gasteiger partial charge in [0.25, 0.3) is 0 Å². The minimum atomic E-state index is -0.172. The number of hydrogen-bond acceptors (Lipinski definition) is 7. The lowest BCUT2D eigenvalue weighted by atomic mass is 9.81. The summed E-state index contributed by atoms with van der Waals surface area (Å²) in [6, 6.07) is 12.5. The van der Waals surface area contributed by atoms with Crippen molar-refractivity contribution in [1.29, 1.82) is 0 Å². The first-order chi connectivity index (χ1) is 17.0. The molecular weight excluding hydrogens is 506 g/mol. The molecule has 0 radical (unpaired) electrons. The van der Waals surface area contributed by atoms with E-state index < -0.39 is 0 Å². The highest BCUT2D eigenvalue weighted by Gasteiger charge is 2.48. The third-order valence-electron chi connectivity index (χ3n) is 6.29. The highest BCUT2D eigenvalue weighted by Crippen LogP contribution is 2.41. The van der Waals surface area contributed by atoms with Crippen LogP contribution >= 0.6 is 34.7 Å². The number of aromatic nitrogens is 1. The van der Waals surface area contributed by atoms with Gasteiger partial charge in [-0.3, -0.25) is 19.3 Å². The van der Waals surface area contributed by atoms with Crippen LogP contribution in [0.25, 0.3) is 10.2 Å². The SMILES string of the molecule is O=C(CSc1nc2ccc(N3C(=O)[C@@H]4CCCC[C@H]4C3=O)cc2s1)NCCOc1ccc(Cl)cc1. The number of rotatable bonds is 8. The minimum Gasteiger partial charge on any atom is -0.492 e. The summed E-state index contributed by atoms with van der Waals surface area (Å²) in [5, 5.41) is 3.48. The summed E-state index contributed by atoms with van der Waals surface area (Å²) in [5.41, 5.74) is 1.40. The van der Waals surface area contributed by atoms with Crippen molar-refractivity contribution in [2.24, 2.45) is 11.8 Å². The second-order valence-electron chi connectivity index (χ2n) is 8.58. The first-order valence-corrected chi connectivity index (χ1v) is 13.7. The zero-order valence-electron chi connectivity index (χ0n) is 18.9. The lowest BCUT2D eigenvalue weighted by Gasteiger charge is -2.19. The number of carbonyl (C=O) groups is 3. The van der Waals surface area contributed by atoms with E-state index >= 15 is 0 Å². The fraction of sp³-hybridized carbons (Fsp3) is 0.360. The number of carbonyl (C=O) groups excluding carboxylic acids is 3. The summed E-state index contributed by atoms with van der Waals surface area (Å²) < 4.78 is 7.22. The summed E-state index contributed by atoms with van der Waals surface area (Å²) in [7, 11) is 0. The number of imide groups is 1. The van der Waals surface area contributed by atoms with E-state index in [0.29, 0.717) is 29.6 Å². The minimum absolute atomic E-state index is 0.0742. The first kappa shape index (κ1) is 24.1. The van der Waals surface area contributed by atoms with Crippen LogP contribution in [0.15, 0.2) is 46.8 Å². The number of thioether (sulfide) groups is 1. The third-order valence-corrected chi connectivity index (χ3v) is 8.70. The van der Waals surface area contributed by atoms with Crippen LogP contribution in [0.3, 0.4) is 0 Å². The smallest absolute Gasteiger partial charge is 0.237 e. The molecule has 1 N–H and O–H groups in total. The number of amides is 3. The average Bonchev–Trinajstić information content (AvgIpc) is 3.39. The number of fused-ring (bicyclic) bond motifs is 2. The second kappa shape index (κ2) is 10.6. The molecule has 0 spiro atoms. The molecule has 1 aliphatic heterocycles. The number of nitrogens with zero attached hydrogens (tertiary/aromatic N) is 2. The number of nitrogens with one attached hydrogen (secondary N) is 1. The van der Waals surface area contributed by atoms with E-state index in [1.165, 1.54) is 28.0 Å². The normalized spacial score (nSPS) is 19.7. The molecule has 3 amide bonds. The van der Waals surface area contributed by atoms with Crippen molar-refractivity contribution in [2.75, 3.05) is 23.8 Å². The van der Waals surface area contributed by atoms with E-state index in [1.807, 2.05) is 12.1 Å². The molecule has 1 aromatic heterocycles. The molecule has 2 atom stereocenters. The average molecular weight is 530 g/mol. The van der Waals surface area contributed by atoms with Gasteiger partial charge in [-0.2, -0.15) is 0 Å². The van der Waals surface area contributed by atoms with Crippen LogP contribution in [0, 0.1) is 11.8 Å². The van der Waals surface area contributed by atoms with Crippen LogP contribution in [0.4, 0.5) is 5.69 Å². The quantitative estimate of drug-likeness (QED) is 0.253. The number of benzene rings is 2. The number of ether oxygens (including phenoxy) is 1. The summed E-state index contributed by atoms with van der Waals surface area (Å²) in [6.07, 6.45) is 3.60. The van der Waals surface area contributed by atoms with E-state index in [1.54, 1.807) is 30.3 Å². The van der Waals surface area contributed by atoms with Crippen LogP contribution < -0.4 is 15.0 Å². The zero-order valence-corrected chi connectivity index (χ0v) is 21.3. The molecule has 1 aliphatic carbocycles. The van der Waals surface area contributed by atoms with Crippen LogP contribution in [-0.4, -0.2) is 41.6 Å². The summed E-state index contributed by atoms with van der Waals surface area (Å²) in [4.78, 5) is 44.0. The van der Waals surface area contributed by atoms with Crippen molar-refractivity contribution >= 4 is 68.3 Å². The largest absolute Gasteiger partial charge is 0.492 e. The van der Waals surface area contributed by atoms with Gasteiger partial charge in [0.15, 0.2) is 4.34 Å². The molecule has 7 nitrogen and oxygen atoms in total. The Morgan fingerprint density at radius 1 is 1.11 bits per heavy atom. The standard InChI is InChI=1S/C25H24ClN3O4S2/c26-15-5-8-17(9-6-15)33-12-11-27-22(30)14-34-25-28-20-10-7-16(13-21(20)35-25)29-23(31)18-3-1-2-4-19(18)24(29)32/h5-10,13,18-19H,1-4,11-12,14H2,(H,27,30)/t18-,19-/m1/s1. The Bertz CT molecular complexity index is 1240. The van der Waals surface area contributed by atoms with E-state index in [4.69, 9.17) is 16.3 Å². The zero-order chi connectivity index (χ0) is 24.4. The summed E-state index contributed by atoms with van der Waals surface area (Å²) in [6.45, 7) is 0.753. The predicted octanol–water partition coefficient (Wildman–Crippen LogP) is 4.92. The van der Waals surface area contributed by atoms with Gasteiger partial charge in [-0.05, 0) is 55.3 Å². The van der Waals surface area contributed by atoms with E-state index in [9.17, 15) is 14.4 Å². The lowest BCUT2D eigenvalue weighted by Crippen LogP contribution is -2.30. The van der Waals surface area contributed by atoms with Gasteiger partial charge in [-0.15, -0.1) is 11.3 Å². The van der Waals surface area contributed by atoms with E-state index in [2.05, 4.69) is 10.3 Å². The molecular formula is C25H24ClN3O4S2. The predicted molar refractivity (Wildman–Crippen MR) is 138 cm³/mol.